The Bertz CT molecular complexity index is 499. The van der Waals surface area contributed by atoms with Crippen LogP contribution in [0.4, 0.5) is 18.9 Å². The third-order valence-corrected chi connectivity index (χ3v) is 3.12. The molecule has 0 aromatic heterocycles. The molecule has 0 aliphatic carbocycles. The van der Waals surface area contributed by atoms with E-state index in [1.165, 1.54) is 6.07 Å². The molecule has 0 bridgehead atoms. The smallest absolute Gasteiger partial charge is 0.423 e. The Labute approximate surface area is 112 Å². The van der Waals surface area contributed by atoms with E-state index in [1.807, 2.05) is 0 Å². The Morgan fingerprint density at radius 3 is 2.75 bits per heavy atom. The first-order chi connectivity index (χ1) is 9.38. The van der Waals surface area contributed by atoms with E-state index < -0.39 is 22.4 Å². The van der Waals surface area contributed by atoms with Crippen molar-refractivity contribution in [3.8, 4) is 5.75 Å². The summed E-state index contributed by atoms with van der Waals surface area (Å²) < 4.78 is 43.6. The van der Waals surface area contributed by atoms with Crippen LogP contribution < -0.4 is 10.1 Å². The summed E-state index contributed by atoms with van der Waals surface area (Å²) in [6, 6.07) is 2.70. The fraction of sp³-hybridized carbons (Fsp3) is 0.500. The quantitative estimate of drug-likeness (QED) is 0.684. The first kappa shape index (κ1) is 14.6. The van der Waals surface area contributed by atoms with Crippen LogP contribution in [-0.2, 0) is 6.18 Å². The summed E-state index contributed by atoms with van der Waals surface area (Å²) >= 11 is 0. The molecular formula is C12H13F3N2O3. The minimum atomic E-state index is -4.78. The van der Waals surface area contributed by atoms with Crippen molar-refractivity contribution in [3.05, 3.63) is 33.9 Å². The summed E-state index contributed by atoms with van der Waals surface area (Å²) in [4.78, 5) is 9.56. The van der Waals surface area contributed by atoms with Crippen molar-refractivity contribution < 1.29 is 22.8 Å². The molecule has 0 radical (unpaired) electrons. The number of nitro benzene ring substituents is 1. The number of ether oxygens (including phenoxy) is 1. The lowest BCUT2D eigenvalue weighted by Gasteiger charge is -2.13. The molecule has 1 atom stereocenters. The zero-order valence-corrected chi connectivity index (χ0v) is 10.4. The molecule has 1 aliphatic rings. The number of hydrogen-bond donors (Lipinski definition) is 1. The Balaban J connectivity index is 2.16. The molecular weight excluding hydrogens is 277 g/mol. The van der Waals surface area contributed by atoms with Gasteiger partial charge in [0.25, 0.3) is 5.69 Å². The van der Waals surface area contributed by atoms with E-state index in [9.17, 15) is 23.3 Å². The third kappa shape index (κ3) is 3.38. The van der Waals surface area contributed by atoms with Gasteiger partial charge in [0.2, 0.25) is 0 Å². The van der Waals surface area contributed by atoms with E-state index in [4.69, 9.17) is 4.74 Å². The van der Waals surface area contributed by atoms with Gasteiger partial charge in [0, 0.05) is 18.5 Å². The van der Waals surface area contributed by atoms with E-state index in [1.54, 1.807) is 0 Å². The zero-order chi connectivity index (χ0) is 14.8. The topological polar surface area (TPSA) is 64.4 Å². The standard InChI is InChI=1S/C12H13F3N2O3/c13-12(14,15)10-5-9(1-2-11(10)17(18)19)20-7-8-3-4-16-6-8/h1-2,5,8,16H,3-4,6-7H2. The molecule has 1 unspecified atom stereocenters. The highest BCUT2D eigenvalue weighted by atomic mass is 19.4. The highest BCUT2D eigenvalue weighted by molar-refractivity contribution is 5.46. The lowest BCUT2D eigenvalue weighted by Crippen LogP contribution is -2.16. The van der Waals surface area contributed by atoms with Gasteiger partial charge in [0.15, 0.2) is 0 Å². The summed E-state index contributed by atoms with van der Waals surface area (Å²) in [5.41, 5.74) is -2.25. The number of nitrogens with one attached hydrogen (secondary N) is 1. The van der Waals surface area contributed by atoms with Crippen molar-refractivity contribution in [2.24, 2.45) is 5.92 Å². The molecule has 1 saturated heterocycles. The van der Waals surface area contributed by atoms with Crippen molar-refractivity contribution in [2.45, 2.75) is 12.6 Å². The molecule has 1 aromatic rings. The van der Waals surface area contributed by atoms with Crippen LogP contribution >= 0.6 is 0 Å². The van der Waals surface area contributed by atoms with E-state index in [0.717, 1.165) is 25.6 Å². The van der Waals surface area contributed by atoms with Gasteiger partial charge in [-0.25, -0.2) is 0 Å². The van der Waals surface area contributed by atoms with Crippen LogP contribution in [0.15, 0.2) is 18.2 Å². The van der Waals surface area contributed by atoms with E-state index in [2.05, 4.69) is 5.32 Å². The first-order valence-electron chi connectivity index (χ1n) is 6.07. The van der Waals surface area contributed by atoms with Crippen LogP contribution in [0.2, 0.25) is 0 Å². The van der Waals surface area contributed by atoms with Gasteiger partial charge in [0.05, 0.1) is 11.5 Å². The van der Waals surface area contributed by atoms with Crippen LogP contribution in [0.3, 0.4) is 0 Å². The number of hydrogen-bond acceptors (Lipinski definition) is 4. The number of rotatable bonds is 4. The summed E-state index contributed by atoms with van der Waals surface area (Å²) in [5, 5.41) is 13.7. The minimum Gasteiger partial charge on any atom is -0.493 e. The summed E-state index contributed by atoms with van der Waals surface area (Å²) in [5.74, 6) is 0.245. The van der Waals surface area contributed by atoms with Crippen molar-refractivity contribution >= 4 is 5.69 Å². The van der Waals surface area contributed by atoms with Crippen molar-refractivity contribution in [1.29, 1.82) is 0 Å². The number of nitro groups is 1. The Kier molecular flexibility index (Phi) is 4.12. The predicted octanol–water partition coefficient (Wildman–Crippen LogP) is 2.60. The van der Waals surface area contributed by atoms with Crippen LogP contribution in [0.1, 0.15) is 12.0 Å². The van der Waals surface area contributed by atoms with Gasteiger partial charge in [-0.3, -0.25) is 10.1 Å². The zero-order valence-electron chi connectivity index (χ0n) is 10.4. The maximum atomic E-state index is 12.8. The first-order valence-corrected chi connectivity index (χ1v) is 6.07. The Morgan fingerprint density at radius 2 is 2.20 bits per heavy atom. The Hall–Kier alpha value is -1.83. The molecule has 0 amide bonds. The Morgan fingerprint density at radius 1 is 1.45 bits per heavy atom. The molecule has 5 nitrogen and oxygen atoms in total. The summed E-state index contributed by atoms with van der Waals surface area (Å²) in [7, 11) is 0. The fourth-order valence-corrected chi connectivity index (χ4v) is 2.06. The van der Waals surface area contributed by atoms with Gasteiger partial charge >= 0.3 is 6.18 Å². The van der Waals surface area contributed by atoms with Crippen molar-refractivity contribution in [1.82, 2.24) is 5.32 Å². The highest BCUT2D eigenvalue weighted by Crippen LogP contribution is 2.38. The third-order valence-electron chi connectivity index (χ3n) is 3.12. The average Bonchev–Trinajstić information content (AvgIpc) is 2.88. The maximum absolute atomic E-state index is 12.8. The fourth-order valence-electron chi connectivity index (χ4n) is 2.06. The highest BCUT2D eigenvalue weighted by Gasteiger charge is 2.38. The van der Waals surface area contributed by atoms with Crippen molar-refractivity contribution in [3.63, 3.8) is 0 Å². The van der Waals surface area contributed by atoms with E-state index >= 15 is 0 Å². The normalized spacial score (nSPS) is 19.1. The van der Waals surface area contributed by atoms with E-state index in [-0.39, 0.29) is 11.7 Å². The lowest BCUT2D eigenvalue weighted by molar-refractivity contribution is -0.388. The van der Waals surface area contributed by atoms with Gasteiger partial charge in [-0.15, -0.1) is 0 Å². The van der Waals surface area contributed by atoms with Crippen molar-refractivity contribution in [2.75, 3.05) is 19.7 Å². The minimum absolute atomic E-state index is 0.00479. The number of halogens is 3. The van der Waals surface area contributed by atoms with Crippen LogP contribution in [0.25, 0.3) is 0 Å². The van der Waals surface area contributed by atoms with Crippen LogP contribution in [0.5, 0.6) is 5.75 Å². The average molecular weight is 290 g/mol. The maximum Gasteiger partial charge on any atom is 0.423 e. The molecule has 1 aromatic carbocycles. The second-order valence-corrected chi connectivity index (χ2v) is 4.60. The summed E-state index contributed by atoms with van der Waals surface area (Å²) in [6.07, 6.45) is -3.88. The van der Waals surface area contributed by atoms with E-state index in [0.29, 0.717) is 12.7 Å². The summed E-state index contributed by atoms with van der Waals surface area (Å²) in [6.45, 7) is 1.92. The molecule has 1 heterocycles. The monoisotopic (exact) mass is 290 g/mol. The molecule has 8 heteroatoms. The molecule has 1 fully saturated rings. The van der Waals surface area contributed by atoms with Gasteiger partial charge in [-0.1, -0.05) is 0 Å². The largest absolute Gasteiger partial charge is 0.493 e. The molecule has 110 valence electrons. The predicted molar refractivity (Wildman–Crippen MR) is 64.6 cm³/mol. The molecule has 1 aliphatic heterocycles. The molecule has 20 heavy (non-hydrogen) atoms. The number of alkyl halides is 3. The van der Waals surface area contributed by atoms with Crippen LogP contribution in [0, 0.1) is 16.0 Å². The van der Waals surface area contributed by atoms with Gasteiger partial charge < -0.3 is 10.1 Å². The second kappa shape index (κ2) is 5.66. The SMILES string of the molecule is O=[N+]([O-])c1ccc(OCC2CCNC2)cc1C(F)(F)F. The number of benzene rings is 1. The number of nitrogens with zero attached hydrogens (tertiary/aromatic N) is 1. The van der Waals surface area contributed by atoms with Gasteiger partial charge in [0.1, 0.15) is 11.3 Å². The molecule has 0 spiro atoms. The molecule has 1 N–H and O–H groups in total. The lowest BCUT2D eigenvalue weighted by atomic mass is 10.1. The molecule has 2 rings (SSSR count). The van der Waals surface area contributed by atoms with Gasteiger partial charge in [-0.2, -0.15) is 13.2 Å². The molecule has 0 saturated carbocycles. The second-order valence-electron chi connectivity index (χ2n) is 4.60. The van der Waals surface area contributed by atoms with Crippen LogP contribution in [-0.4, -0.2) is 24.6 Å². The van der Waals surface area contributed by atoms with Gasteiger partial charge in [-0.05, 0) is 25.1 Å².